The highest BCUT2D eigenvalue weighted by molar-refractivity contribution is 5.93. The Hall–Kier alpha value is -1.64. The number of rotatable bonds is 3. The Balaban J connectivity index is 2.71. The summed E-state index contributed by atoms with van der Waals surface area (Å²) in [5, 5.41) is 7.00. The first-order valence-electron chi connectivity index (χ1n) is 4.78. The molecule has 0 spiro atoms. The number of aromatic nitrogens is 3. The lowest BCUT2D eigenvalue weighted by Crippen LogP contribution is -2.40. The van der Waals surface area contributed by atoms with Gasteiger partial charge in [0.15, 0.2) is 0 Å². The maximum absolute atomic E-state index is 12.2. The molecule has 1 amide bonds. The largest absolute Gasteiger partial charge is 0.451 e. The van der Waals surface area contributed by atoms with Crippen molar-refractivity contribution in [1.29, 1.82) is 0 Å². The summed E-state index contributed by atoms with van der Waals surface area (Å²) in [6.45, 7) is 3.42. The molecule has 9 heteroatoms. The van der Waals surface area contributed by atoms with Crippen molar-refractivity contribution in [3.8, 4) is 0 Å². The molecule has 0 aliphatic rings. The summed E-state index contributed by atoms with van der Waals surface area (Å²) < 4.78 is 36.5. The zero-order chi connectivity index (χ0) is 13.2. The van der Waals surface area contributed by atoms with Crippen LogP contribution in [0.3, 0.4) is 0 Å². The third-order valence-corrected chi connectivity index (χ3v) is 2.01. The molecule has 0 radical (unpaired) electrons. The SMILES string of the molecule is CC(C)C(N)C(=O)Nc1n[nH]c(C(F)(F)F)n1. The van der Waals surface area contributed by atoms with E-state index in [2.05, 4.69) is 15.4 Å². The topological polar surface area (TPSA) is 96.7 Å². The van der Waals surface area contributed by atoms with Crippen LogP contribution < -0.4 is 11.1 Å². The van der Waals surface area contributed by atoms with E-state index in [1.54, 1.807) is 18.9 Å². The standard InChI is InChI=1S/C8H12F3N5O/c1-3(2)4(12)5(17)13-7-14-6(15-16-7)8(9,10)11/h3-4H,12H2,1-2H3,(H2,13,14,15,16,17). The molecule has 0 aromatic carbocycles. The molecule has 1 rings (SSSR count). The van der Waals surface area contributed by atoms with Gasteiger partial charge in [0.25, 0.3) is 0 Å². The second-order valence-corrected chi connectivity index (χ2v) is 3.76. The lowest BCUT2D eigenvalue weighted by Gasteiger charge is -2.13. The van der Waals surface area contributed by atoms with Crippen LogP contribution >= 0.6 is 0 Å². The summed E-state index contributed by atoms with van der Waals surface area (Å²) in [5.74, 6) is -2.49. The Morgan fingerprint density at radius 1 is 1.47 bits per heavy atom. The summed E-state index contributed by atoms with van der Waals surface area (Å²) in [6.07, 6.45) is -4.63. The highest BCUT2D eigenvalue weighted by Gasteiger charge is 2.35. The number of halogens is 3. The van der Waals surface area contributed by atoms with E-state index in [1.807, 2.05) is 0 Å². The van der Waals surface area contributed by atoms with Gasteiger partial charge in [0.1, 0.15) is 0 Å². The van der Waals surface area contributed by atoms with Crippen LogP contribution in [-0.2, 0) is 11.0 Å². The van der Waals surface area contributed by atoms with Crippen LogP contribution in [0.25, 0.3) is 0 Å². The van der Waals surface area contributed by atoms with Crippen LogP contribution in [0.4, 0.5) is 19.1 Å². The second kappa shape index (κ2) is 4.70. The number of carbonyl (C=O) groups excluding carboxylic acids is 1. The molecule has 0 bridgehead atoms. The van der Waals surface area contributed by atoms with E-state index < -0.39 is 29.9 Å². The van der Waals surface area contributed by atoms with Gasteiger partial charge in [-0.1, -0.05) is 13.8 Å². The molecule has 1 aromatic heterocycles. The van der Waals surface area contributed by atoms with E-state index in [-0.39, 0.29) is 5.92 Å². The van der Waals surface area contributed by atoms with Gasteiger partial charge in [0, 0.05) is 0 Å². The van der Waals surface area contributed by atoms with Gasteiger partial charge < -0.3 is 5.73 Å². The molecule has 0 aliphatic heterocycles. The Morgan fingerprint density at radius 3 is 2.47 bits per heavy atom. The van der Waals surface area contributed by atoms with E-state index in [0.29, 0.717) is 0 Å². The first-order chi connectivity index (χ1) is 7.71. The lowest BCUT2D eigenvalue weighted by molar-refractivity contribution is -0.144. The van der Waals surface area contributed by atoms with Gasteiger partial charge in [-0.2, -0.15) is 18.2 Å². The molecule has 1 aromatic rings. The predicted octanol–water partition coefficient (Wildman–Crippen LogP) is 0.745. The summed E-state index contributed by atoms with van der Waals surface area (Å²) in [6, 6.07) is -0.831. The molecule has 4 N–H and O–H groups in total. The van der Waals surface area contributed by atoms with E-state index in [9.17, 15) is 18.0 Å². The van der Waals surface area contributed by atoms with Gasteiger partial charge >= 0.3 is 6.18 Å². The summed E-state index contributed by atoms with van der Waals surface area (Å²) in [4.78, 5) is 14.5. The number of nitrogens with one attached hydrogen (secondary N) is 2. The fourth-order valence-corrected chi connectivity index (χ4v) is 0.941. The number of carbonyl (C=O) groups is 1. The van der Waals surface area contributed by atoms with Crippen LogP contribution in [0.5, 0.6) is 0 Å². The van der Waals surface area contributed by atoms with Crippen molar-refractivity contribution in [2.75, 3.05) is 5.32 Å². The van der Waals surface area contributed by atoms with Gasteiger partial charge in [-0.3, -0.25) is 15.2 Å². The molecular formula is C8H12F3N5O. The minimum absolute atomic E-state index is 0.143. The maximum Gasteiger partial charge on any atom is 0.451 e. The first kappa shape index (κ1) is 13.4. The smallest absolute Gasteiger partial charge is 0.320 e. The van der Waals surface area contributed by atoms with Crippen molar-refractivity contribution in [3.63, 3.8) is 0 Å². The highest BCUT2D eigenvalue weighted by atomic mass is 19.4. The fourth-order valence-electron chi connectivity index (χ4n) is 0.941. The number of aromatic amines is 1. The molecule has 1 unspecified atom stereocenters. The number of hydrogen-bond acceptors (Lipinski definition) is 4. The zero-order valence-corrected chi connectivity index (χ0v) is 9.17. The van der Waals surface area contributed by atoms with Gasteiger partial charge in [0.05, 0.1) is 6.04 Å². The van der Waals surface area contributed by atoms with E-state index in [0.717, 1.165) is 0 Å². The third kappa shape index (κ3) is 3.41. The highest BCUT2D eigenvalue weighted by Crippen LogP contribution is 2.26. The molecule has 17 heavy (non-hydrogen) atoms. The monoisotopic (exact) mass is 251 g/mol. The average Bonchev–Trinajstić information content (AvgIpc) is 2.64. The van der Waals surface area contributed by atoms with Crippen molar-refractivity contribution in [1.82, 2.24) is 15.2 Å². The number of amides is 1. The Morgan fingerprint density at radius 2 is 2.06 bits per heavy atom. The Kier molecular flexibility index (Phi) is 3.71. The number of alkyl halides is 3. The Labute approximate surface area is 94.8 Å². The van der Waals surface area contributed by atoms with Crippen molar-refractivity contribution in [2.45, 2.75) is 26.1 Å². The molecular weight excluding hydrogens is 239 g/mol. The first-order valence-corrected chi connectivity index (χ1v) is 4.78. The molecule has 0 aliphatic carbocycles. The predicted molar refractivity (Wildman–Crippen MR) is 52.8 cm³/mol. The second-order valence-electron chi connectivity index (χ2n) is 3.76. The van der Waals surface area contributed by atoms with Gasteiger partial charge in [-0.05, 0) is 5.92 Å². The molecule has 1 heterocycles. The number of nitrogens with two attached hydrogens (primary N) is 1. The van der Waals surface area contributed by atoms with Crippen molar-refractivity contribution in [2.24, 2.45) is 11.7 Å². The molecule has 6 nitrogen and oxygen atoms in total. The molecule has 1 atom stereocenters. The molecule has 0 saturated heterocycles. The van der Waals surface area contributed by atoms with Crippen LogP contribution in [0.2, 0.25) is 0 Å². The van der Waals surface area contributed by atoms with Gasteiger partial charge in [-0.15, -0.1) is 5.10 Å². The van der Waals surface area contributed by atoms with Crippen LogP contribution in [0.1, 0.15) is 19.7 Å². The maximum atomic E-state index is 12.2. The number of H-pyrrole nitrogens is 1. The third-order valence-electron chi connectivity index (χ3n) is 2.01. The van der Waals surface area contributed by atoms with Crippen LogP contribution in [0, 0.1) is 5.92 Å². The lowest BCUT2D eigenvalue weighted by atomic mass is 10.1. The van der Waals surface area contributed by atoms with Gasteiger partial charge in [-0.25, -0.2) is 0 Å². The molecule has 0 saturated carbocycles. The van der Waals surface area contributed by atoms with Crippen molar-refractivity contribution < 1.29 is 18.0 Å². The van der Waals surface area contributed by atoms with Crippen molar-refractivity contribution >= 4 is 11.9 Å². The summed E-state index contributed by atoms with van der Waals surface area (Å²) in [7, 11) is 0. The van der Waals surface area contributed by atoms with Crippen LogP contribution in [0.15, 0.2) is 0 Å². The van der Waals surface area contributed by atoms with Crippen LogP contribution in [-0.4, -0.2) is 27.1 Å². The quantitative estimate of drug-likeness (QED) is 0.738. The molecule has 0 fully saturated rings. The van der Waals surface area contributed by atoms with E-state index in [1.165, 1.54) is 0 Å². The van der Waals surface area contributed by atoms with Crippen molar-refractivity contribution in [3.05, 3.63) is 5.82 Å². The minimum atomic E-state index is -4.63. The Bertz CT molecular complexity index is 400. The van der Waals surface area contributed by atoms with Gasteiger partial charge in [0.2, 0.25) is 17.7 Å². The number of anilines is 1. The fraction of sp³-hybridized carbons (Fsp3) is 0.625. The average molecular weight is 251 g/mol. The van der Waals surface area contributed by atoms with E-state index in [4.69, 9.17) is 5.73 Å². The zero-order valence-electron chi connectivity index (χ0n) is 9.17. The van der Waals surface area contributed by atoms with E-state index >= 15 is 0 Å². The summed E-state index contributed by atoms with van der Waals surface area (Å²) in [5.41, 5.74) is 5.50. The minimum Gasteiger partial charge on any atom is -0.320 e. The normalized spacial score (nSPS) is 13.8. The summed E-state index contributed by atoms with van der Waals surface area (Å²) >= 11 is 0. The molecule has 96 valence electrons. The number of nitrogens with zero attached hydrogens (tertiary/aromatic N) is 2. The number of hydrogen-bond donors (Lipinski definition) is 3.